The average molecular weight is 357 g/mol. The number of fused-ring (bicyclic) bond motifs is 1. The van der Waals surface area contributed by atoms with E-state index >= 15 is 0 Å². The summed E-state index contributed by atoms with van der Waals surface area (Å²) in [5.74, 6) is 0.270. The molecule has 2 unspecified atom stereocenters. The molecule has 26 heavy (non-hydrogen) atoms. The second kappa shape index (κ2) is 6.93. The van der Waals surface area contributed by atoms with E-state index in [1.165, 1.54) is 11.6 Å². The number of nitrogen functional groups attached to an aromatic ring is 1. The molecular formula is C19H23N3O4. The molecule has 0 spiro atoms. The maximum atomic E-state index is 11.1. The minimum Gasteiger partial charge on any atom is -0.482 e. The lowest BCUT2D eigenvalue weighted by Crippen LogP contribution is -2.53. The van der Waals surface area contributed by atoms with Crippen molar-refractivity contribution < 1.29 is 14.8 Å². The van der Waals surface area contributed by atoms with Gasteiger partial charge in [0, 0.05) is 11.6 Å². The summed E-state index contributed by atoms with van der Waals surface area (Å²) in [6.45, 7) is 4.12. The van der Waals surface area contributed by atoms with Gasteiger partial charge in [-0.25, -0.2) is 0 Å². The van der Waals surface area contributed by atoms with Crippen LogP contribution in [0.15, 0.2) is 42.5 Å². The molecule has 0 bridgehead atoms. The standard InChI is InChI=1S/C19H23N3O4/c1-19(2)18(23)16(21-11-10-12-6-4-3-5-7-12)13-8-9-14(22(24)25)15(20)17(13)26-19/h3-9,16,18,21,23H,10-11,20H2,1-2H3. The fourth-order valence-corrected chi connectivity index (χ4v) is 3.26. The third kappa shape index (κ3) is 3.36. The second-order valence-corrected chi connectivity index (χ2v) is 6.99. The van der Waals surface area contributed by atoms with Crippen molar-refractivity contribution in [3.05, 3.63) is 63.7 Å². The largest absolute Gasteiger partial charge is 0.482 e. The maximum absolute atomic E-state index is 11.1. The molecule has 0 saturated carbocycles. The zero-order valence-electron chi connectivity index (χ0n) is 14.8. The van der Waals surface area contributed by atoms with E-state index in [1.807, 2.05) is 30.3 Å². The summed E-state index contributed by atoms with van der Waals surface area (Å²) in [5, 5.41) is 25.2. The minimum atomic E-state index is -0.930. The number of hydrogen-bond donors (Lipinski definition) is 3. The van der Waals surface area contributed by atoms with E-state index in [0.29, 0.717) is 12.1 Å². The summed E-state index contributed by atoms with van der Waals surface area (Å²) in [7, 11) is 0. The van der Waals surface area contributed by atoms with E-state index in [4.69, 9.17) is 10.5 Å². The topological polar surface area (TPSA) is 111 Å². The number of nitro groups is 1. The Morgan fingerprint density at radius 3 is 2.62 bits per heavy atom. The van der Waals surface area contributed by atoms with Crippen LogP contribution in [0, 0.1) is 10.1 Å². The number of ether oxygens (including phenoxy) is 1. The van der Waals surface area contributed by atoms with Crippen molar-refractivity contribution in [2.45, 2.75) is 38.0 Å². The molecule has 1 heterocycles. The van der Waals surface area contributed by atoms with Crippen molar-refractivity contribution in [3.8, 4) is 5.75 Å². The number of aliphatic hydroxyl groups excluding tert-OH is 1. The van der Waals surface area contributed by atoms with E-state index in [0.717, 1.165) is 6.42 Å². The highest BCUT2D eigenvalue weighted by Crippen LogP contribution is 2.46. The zero-order chi connectivity index (χ0) is 18.9. The molecule has 0 radical (unpaired) electrons. The van der Waals surface area contributed by atoms with Crippen LogP contribution in [0.5, 0.6) is 5.75 Å². The molecular weight excluding hydrogens is 334 g/mol. The molecule has 1 aliphatic heterocycles. The van der Waals surface area contributed by atoms with Crippen molar-refractivity contribution >= 4 is 11.4 Å². The lowest BCUT2D eigenvalue weighted by molar-refractivity contribution is -0.384. The van der Waals surface area contributed by atoms with Gasteiger partial charge in [0.25, 0.3) is 5.69 Å². The molecule has 7 nitrogen and oxygen atoms in total. The first-order chi connectivity index (χ1) is 12.3. The predicted octanol–water partition coefficient (Wildman–Crippen LogP) is 2.58. The first-order valence-corrected chi connectivity index (χ1v) is 8.52. The van der Waals surface area contributed by atoms with Gasteiger partial charge in [0.1, 0.15) is 11.7 Å². The number of rotatable bonds is 5. The summed E-state index contributed by atoms with van der Waals surface area (Å²) in [5.41, 5.74) is 6.66. The first kappa shape index (κ1) is 18.2. The number of nitrogens with one attached hydrogen (secondary N) is 1. The highest BCUT2D eigenvalue weighted by molar-refractivity contribution is 5.71. The number of benzene rings is 2. The Morgan fingerprint density at radius 1 is 1.27 bits per heavy atom. The fraction of sp³-hybridized carbons (Fsp3) is 0.368. The summed E-state index contributed by atoms with van der Waals surface area (Å²) >= 11 is 0. The molecule has 0 aromatic heterocycles. The van der Waals surface area contributed by atoms with Gasteiger partial charge >= 0.3 is 0 Å². The Balaban J connectivity index is 1.87. The molecule has 138 valence electrons. The molecule has 2 aromatic carbocycles. The van der Waals surface area contributed by atoms with Crippen molar-refractivity contribution in [2.24, 2.45) is 0 Å². The molecule has 3 rings (SSSR count). The lowest BCUT2D eigenvalue weighted by atomic mass is 9.86. The van der Waals surface area contributed by atoms with Crippen LogP contribution in [-0.2, 0) is 6.42 Å². The normalized spacial score (nSPS) is 20.9. The van der Waals surface area contributed by atoms with Crippen LogP contribution in [0.2, 0.25) is 0 Å². The third-order valence-electron chi connectivity index (χ3n) is 4.75. The van der Waals surface area contributed by atoms with E-state index in [2.05, 4.69) is 5.32 Å². The van der Waals surface area contributed by atoms with Gasteiger partial charge in [-0.05, 0) is 38.4 Å². The van der Waals surface area contributed by atoms with Crippen LogP contribution in [-0.4, -0.2) is 28.3 Å². The number of nitro benzene ring substituents is 1. The van der Waals surface area contributed by atoms with Gasteiger partial charge < -0.3 is 20.9 Å². The Hall–Kier alpha value is -2.64. The van der Waals surface area contributed by atoms with Gasteiger partial charge in [0.2, 0.25) is 0 Å². The third-order valence-corrected chi connectivity index (χ3v) is 4.75. The number of nitrogens with zero attached hydrogens (tertiary/aromatic N) is 1. The van der Waals surface area contributed by atoms with E-state index in [9.17, 15) is 15.2 Å². The van der Waals surface area contributed by atoms with Gasteiger partial charge in [0.15, 0.2) is 11.4 Å². The van der Waals surface area contributed by atoms with Crippen LogP contribution in [0.25, 0.3) is 0 Å². The summed E-state index contributed by atoms with van der Waals surface area (Å²) < 4.78 is 5.83. The van der Waals surface area contributed by atoms with Gasteiger partial charge in [-0.15, -0.1) is 0 Å². The van der Waals surface area contributed by atoms with E-state index < -0.39 is 22.7 Å². The Labute approximate surface area is 151 Å². The van der Waals surface area contributed by atoms with Crippen LogP contribution < -0.4 is 15.8 Å². The van der Waals surface area contributed by atoms with E-state index in [-0.39, 0.29) is 17.1 Å². The summed E-state index contributed by atoms with van der Waals surface area (Å²) in [6, 6.07) is 12.5. The maximum Gasteiger partial charge on any atom is 0.295 e. The summed E-state index contributed by atoms with van der Waals surface area (Å²) in [6.07, 6.45) is -0.0324. The molecule has 0 aliphatic carbocycles. The molecule has 1 aliphatic rings. The Morgan fingerprint density at radius 2 is 1.96 bits per heavy atom. The quantitative estimate of drug-likeness (QED) is 0.431. The summed E-state index contributed by atoms with van der Waals surface area (Å²) in [4.78, 5) is 10.6. The smallest absolute Gasteiger partial charge is 0.295 e. The first-order valence-electron chi connectivity index (χ1n) is 8.52. The molecule has 0 saturated heterocycles. The molecule has 0 amide bonds. The van der Waals surface area contributed by atoms with Gasteiger partial charge in [0.05, 0.1) is 11.0 Å². The van der Waals surface area contributed by atoms with Crippen molar-refractivity contribution in [1.29, 1.82) is 0 Å². The van der Waals surface area contributed by atoms with E-state index in [1.54, 1.807) is 19.9 Å². The molecule has 4 N–H and O–H groups in total. The minimum absolute atomic E-state index is 0.0117. The van der Waals surface area contributed by atoms with Gasteiger partial charge in [-0.2, -0.15) is 0 Å². The fourth-order valence-electron chi connectivity index (χ4n) is 3.26. The second-order valence-electron chi connectivity index (χ2n) is 6.99. The average Bonchev–Trinajstić information content (AvgIpc) is 2.60. The van der Waals surface area contributed by atoms with Crippen molar-refractivity contribution in [3.63, 3.8) is 0 Å². The van der Waals surface area contributed by atoms with Crippen LogP contribution in [0.4, 0.5) is 11.4 Å². The zero-order valence-corrected chi connectivity index (χ0v) is 14.8. The lowest BCUT2D eigenvalue weighted by Gasteiger charge is -2.42. The van der Waals surface area contributed by atoms with Crippen molar-refractivity contribution in [2.75, 3.05) is 12.3 Å². The molecule has 7 heteroatoms. The number of anilines is 1. The van der Waals surface area contributed by atoms with Crippen LogP contribution in [0.1, 0.15) is 31.0 Å². The molecule has 2 aromatic rings. The number of nitrogens with two attached hydrogens (primary N) is 1. The van der Waals surface area contributed by atoms with Crippen LogP contribution >= 0.6 is 0 Å². The SMILES string of the molecule is CC1(C)Oc2c(ccc([N+](=O)[O-])c2N)C(NCCc2ccccc2)C1O. The Bertz CT molecular complexity index is 808. The Kier molecular flexibility index (Phi) is 4.84. The monoisotopic (exact) mass is 357 g/mol. The van der Waals surface area contributed by atoms with Crippen molar-refractivity contribution in [1.82, 2.24) is 5.32 Å². The van der Waals surface area contributed by atoms with Crippen LogP contribution in [0.3, 0.4) is 0 Å². The number of aliphatic hydroxyl groups is 1. The van der Waals surface area contributed by atoms with Gasteiger partial charge in [-0.1, -0.05) is 30.3 Å². The molecule has 2 atom stereocenters. The van der Waals surface area contributed by atoms with Gasteiger partial charge in [-0.3, -0.25) is 10.1 Å². The number of hydrogen-bond acceptors (Lipinski definition) is 6. The highest BCUT2D eigenvalue weighted by atomic mass is 16.6. The predicted molar refractivity (Wildman–Crippen MR) is 99.1 cm³/mol. The molecule has 0 fully saturated rings. The highest BCUT2D eigenvalue weighted by Gasteiger charge is 2.44.